The van der Waals surface area contributed by atoms with Crippen molar-refractivity contribution < 1.29 is 14.0 Å². The Balaban J connectivity index is 1.46. The topological polar surface area (TPSA) is 106 Å². The predicted octanol–water partition coefficient (Wildman–Crippen LogP) is 3.55. The summed E-state index contributed by atoms with van der Waals surface area (Å²) >= 11 is 0. The molecule has 1 N–H and O–H groups in total. The van der Waals surface area contributed by atoms with Crippen LogP contribution in [0.1, 0.15) is 22.9 Å². The molecular weight excluding hydrogens is 468 g/mol. The highest BCUT2D eigenvalue weighted by atomic mass is 16.3. The van der Waals surface area contributed by atoms with Crippen LogP contribution >= 0.6 is 0 Å². The molecule has 0 fully saturated rings. The summed E-state index contributed by atoms with van der Waals surface area (Å²) in [5.74, 6) is 0.0621. The molecule has 0 saturated carbocycles. The van der Waals surface area contributed by atoms with Gasteiger partial charge in [-0.2, -0.15) is 0 Å². The zero-order chi connectivity index (χ0) is 25.5. The van der Waals surface area contributed by atoms with Crippen LogP contribution in [-0.4, -0.2) is 43.2 Å². The van der Waals surface area contributed by atoms with Crippen LogP contribution in [0.2, 0.25) is 0 Å². The molecule has 9 heteroatoms. The van der Waals surface area contributed by atoms with Gasteiger partial charge in [0.05, 0.1) is 18.3 Å². The Labute approximate surface area is 213 Å². The van der Waals surface area contributed by atoms with Crippen LogP contribution in [0.25, 0.3) is 11.0 Å². The van der Waals surface area contributed by atoms with Gasteiger partial charge in [0.1, 0.15) is 23.9 Å². The number of para-hydroxylation sites is 1. The van der Waals surface area contributed by atoms with E-state index in [4.69, 9.17) is 4.42 Å². The second-order valence-corrected chi connectivity index (χ2v) is 8.54. The summed E-state index contributed by atoms with van der Waals surface area (Å²) in [7, 11) is 0. The van der Waals surface area contributed by atoms with Crippen molar-refractivity contribution in [1.29, 1.82) is 0 Å². The first-order valence-electron chi connectivity index (χ1n) is 12.0. The summed E-state index contributed by atoms with van der Waals surface area (Å²) in [6, 6.07) is 23.5. The van der Waals surface area contributed by atoms with Crippen LogP contribution in [0.3, 0.4) is 0 Å². The number of nitrogens with one attached hydrogen (secondary N) is 1. The van der Waals surface area contributed by atoms with Crippen LogP contribution in [0, 0.1) is 0 Å². The number of nitrogens with zero attached hydrogens (tertiary/aromatic N) is 5. The van der Waals surface area contributed by atoms with E-state index in [0.29, 0.717) is 29.8 Å². The van der Waals surface area contributed by atoms with Gasteiger partial charge in [-0.1, -0.05) is 47.7 Å². The Hall–Kier alpha value is -4.79. The van der Waals surface area contributed by atoms with E-state index in [1.165, 1.54) is 0 Å². The van der Waals surface area contributed by atoms with Crippen LogP contribution in [-0.2, 0) is 29.1 Å². The normalized spacial score (nSPS) is 11.8. The van der Waals surface area contributed by atoms with Crippen LogP contribution in [0.5, 0.6) is 0 Å². The average Bonchev–Trinajstić information content (AvgIpc) is 3.61. The van der Waals surface area contributed by atoms with Crippen LogP contribution < -0.4 is 5.32 Å². The lowest BCUT2D eigenvalue weighted by molar-refractivity contribution is -0.141. The Morgan fingerprint density at radius 3 is 2.51 bits per heavy atom. The summed E-state index contributed by atoms with van der Waals surface area (Å²) in [6.45, 7) is 0.487. The molecule has 37 heavy (non-hydrogen) atoms. The van der Waals surface area contributed by atoms with Gasteiger partial charge >= 0.3 is 0 Å². The lowest BCUT2D eigenvalue weighted by Gasteiger charge is -2.31. The van der Waals surface area contributed by atoms with Gasteiger partial charge in [-0.15, -0.1) is 5.10 Å². The Bertz CT molecular complexity index is 1450. The molecule has 0 aliphatic heterocycles. The quantitative estimate of drug-likeness (QED) is 0.318. The highest BCUT2D eigenvalue weighted by Crippen LogP contribution is 2.23. The van der Waals surface area contributed by atoms with Crippen LogP contribution in [0.15, 0.2) is 102 Å². The summed E-state index contributed by atoms with van der Waals surface area (Å²) in [6.07, 6.45) is 5.37. The fourth-order valence-electron chi connectivity index (χ4n) is 4.25. The zero-order valence-electron chi connectivity index (χ0n) is 20.1. The smallest absolute Gasteiger partial charge is 0.247 e. The van der Waals surface area contributed by atoms with Gasteiger partial charge < -0.3 is 14.6 Å². The first-order valence-corrected chi connectivity index (χ1v) is 12.0. The number of aromatic nitrogens is 4. The molecular formula is C28H26N6O3. The van der Waals surface area contributed by atoms with E-state index in [9.17, 15) is 9.59 Å². The number of hydrogen-bond donors (Lipinski definition) is 1. The molecule has 0 aliphatic rings. The van der Waals surface area contributed by atoms with E-state index in [2.05, 4.69) is 20.6 Å². The maximum absolute atomic E-state index is 13.9. The van der Waals surface area contributed by atoms with E-state index in [1.807, 2.05) is 54.6 Å². The van der Waals surface area contributed by atoms with Crippen molar-refractivity contribution in [3.8, 4) is 0 Å². The monoisotopic (exact) mass is 494 g/mol. The maximum Gasteiger partial charge on any atom is 0.247 e. The van der Waals surface area contributed by atoms with Gasteiger partial charge in [0.15, 0.2) is 0 Å². The fourth-order valence-corrected chi connectivity index (χ4v) is 4.25. The van der Waals surface area contributed by atoms with Crippen molar-refractivity contribution in [2.45, 2.75) is 25.6 Å². The molecule has 2 amide bonds. The number of carbonyl (C=O) groups excluding carboxylic acids is 2. The lowest BCUT2D eigenvalue weighted by Crippen LogP contribution is -2.45. The number of amides is 2. The highest BCUT2D eigenvalue weighted by Gasteiger charge is 2.32. The standard InChI is InChI=1S/C28H26N6O3/c35-26(20-34-25-11-5-4-10-24(25)31-32-34)33(17-14-21-7-2-1-3-8-21)27(22-12-15-29-16-13-22)28(36)30-19-23-9-6-18-37-23/h1-13,15-16,18,27H,14,17,19-20H2,(H,30,36)/t27-/m0/s1. The molecule has 0 unspecified atom stereocenters. The molecule has 1 atom stereocenters. The summed E-state index contributed by atoms with van der Waals surface area (Å²) in [5, 5.41) is 11.3. The second-order valence-electron chi connectivity index (χ2n) is 8.54. The molecule has 0 saturated heterocycles. The van der Waals surface area contributed by atoms with E-state index in [-0.39, 0.29) is 24.9 Å². The largest absolute Gasteiger partial charge is 0.467 e. The van der Waals surface area contributed by atoms with Gasteiger partial charge in [0, 0.05) is 18.9 Å². The third-order valence-corrected chi connectivity index (χ3v) is 6.11. The molecule has 2 aromatic carbocycles. The number of furan rings is 1. The zero-order valence-corrected chi connectivity index (χ0v) is 20.1. The number of carbonyl (C=O) groups is 2. The third-order valence-electron chi connectivity index (χ3n) is 6.11. The van der Waals surface area contributed by atoms with Crippen molar-refractivity contribution in [3.05, 3.63) is 114 Å². The van der Waals surface area contributed by atoms with Crippen LogP contribution in [0.4, 0.5) is 0 Å². The van der Waals surface area contributed by atoms with Gasteiger partial charge in [0.2, 0.25) is 11.8 Å². The molecule has 0 radical (unpaired) electrons. The number of rotatable bonds is 10. The third kappa shape index (κ3) is 5.72. The fraction of sp³-hybridized carbons (Fsp3) is 0.179. The van der Waals surface area contributed by atoms with Gasteiger partial charge in [0.25, 0.3) is 0 Å². The minimum atomic E-state index is -0.871. The maximum atomic E-state index is 13.9. The highest BCUT2D eigenvalue weighted by molar-refractivity contribution is 5.89. The SMILES string of the molecule is O=C(NCc1ccco1)[C@H](c1ccncc1)N(CCc1ccccc1)C(=O)Cn1nnc2ccccc21. The molecule has 3 aromatic heterocycles. The van der Waals surface area contributed by atoms with E-state index in [0.717, 1.165) is 11.1 Å². The summed E-state index contributed by atoms with van der Waals surface area (Å²) in [5.41, 5.74) is 3.18. The Morgan fingerprint density at radius 2 is 1.73 bits per heavy atom. The summed E-state index contributed by atoms with van der Waals surface area (Å²) in [4.78, 5) is 33.2. The van der Waals surface area contributed by atoms with E-state index >= 15 is 0 Å². The van der Waals surface area contributed by atoms with E-state index < -0.39 is 6.04 Å². The van der Waals surface area contributed by atoms with Crippen molar-refractivity contribution in [2.75, 3.05) is 6.54 Å². The molecule has 186 valence electrons. The van der Waals surface area contributed by atoms with Crippen molar-refractivity contribution in [2.24, 2.45) is 0 Å². The van der Waals surface area contributed by atoms with Crippen molar-refractivity contribution in [3.63, 3.8) is 0 Å². The molecule has 0 spiro atoms. The number of hydrogen-bond acceptors (Lipinski definition) is 6. The molecule has 9 nitrogen and oxygen atoms in total. The molecule has 5 rings (SSSR count). The molecule has 3 heterocycles. The van der Waals surface area contributed by atoms with Gasteiger partial charge in [-0.05, 0) is 53.9 Å². The predicted molar refractivity (Wildman–Crippen MR) is 137 cm³/mol. The first kappa shape index (κ1) is 23.9. The first-order chi connectivity index (χ1) is 18.2. The second kappa shape index (κ2) is 11.3. The molecule has 5 aromatic rings. The number of benzene rings is 2. The van der Waals surface area contributed by atoms with Gasteiger partial charge in [-0.3, -0.25) is 14.6 Å². The van der Waals surface area contributed by atoms with Crippen molar-refractivity contribution >= 4 is 22.8 Å². The van der Waals surface area contributed by atoms with E-state index in [1.54, 1.807) is 52.5 Å². The molecule has 0 bridgehead atoms. The van der Waals surface area contributed by atoms with Gasteiger partial charge in [-0.25, -0.2) is 4.68 Å². The average molecular weight is 495 g/mol. The summed E-state index contributed by atoms with van der Waals surface area (Å²) < 4.78 is 6.94. The minimum absolute atomic E-state index is 0.0532. The minimum Gasteiger partial charge on any atom is -0.467 e. The van der Waals surface area contributed by atoms with Crippen molar-refractivity contribution in [1.82, 2.24) is 30.2 Å². The number of pyridine rings is 1. The Morgan fingerprint density at radius 1 is 0.946 bits per heavy atom. The Kier molecular flexibility index (Phi) is 7.31. The lowest BCUT2D eigenvalue weighted by atomic mass is 10.0. The number of fused-ring (bicyclic) bond motifs is 1. The molecule has 0 aliphatic carbocycles.